The van der Waals surface area contributed by atoms with Crippen LogP contribution >= 0.6 is 0 Å². The standard InChI is InChI=1S/C24H28F3N3O3S/c1-15(2)13-21(23(31)29-12-11-28)30-22(24(25,26)27)18-7-5-17(6-8-18)20-10-9-19(14-16(20)3)34(4,32)33/h5-10,14-15,21-22,30H,12-13H2,1-4H3,(H,29,31)/t21-,22-/m0/s1. The van der Waals surface area contributed by atoms with Crippen molar-refractivity contribution in [1.82, 2.24) is 10.6 Å². The summed E-state index contributed by atoms with van der Waals surface area (Å²) in [4.78, 5) is 12.5. The molecule has 0 heterocycles. The van der Waals surface area contributed by atoms with Gasteiger partial charge in [-0.2, -0.15) is 18.4 Å². The first-order valence-electron chi connectivity index (χ1n) is 10.6. The van der Waals surface area contributed by atoms with Gasteiger partial charge in [0.1, 0.15) is 12.6 Å². The van der Waals surface area contributed by atoms with E-state index in [4.69, 9.17) is 5.26 Å². The molecule has 2 rings (SSSR count). The molecule has 1 amide bonds. The SMILES string of the molecule is Cc1cc(S(C)(=O)=O)ccc1-c1ccc([C@H](N[C@@H](CC(C)C)C(=O)NCC#N)C(F)(F)F)cc1. The Balaban J connectivity index is 2.36. The van der Waals surface area contributed by atoms with Gasteiger partial charge in [-0.1, -0.05) is 44.2 Å². The predicted octanol–water partition coefficient (Wildman–Crippen LogP) is 4.31. The van der Waals surface area contributed by atoms with Crippen molar-refractivity contribution in [3.05, 3.63) is 53.6 Å². The minimum absolute atomic E-state index is 0.0560. The molecule has 2 aromatic rings. The molecule has 184 valence electrons. The maximum atomic E-state index is 14.0. The molecule has 0 saturated carbocycles. The Morgan fingerprint density at radius 2 is 1.74 bits per heavy atom. The molecule has 0 aliphatic heterocycles. The highest BCUT2D eigenvalue weighted by molar-refractivity contribution is 7.90. The lowest BCUT2D eigenvalue weighted by Crippen LogP contribution is -2.49. The van der Waals surface area contributed by atoms with E-state index in [1.54, 1.807) is 32.9 Å². The number of sulfone groups is 1. The molecule has 0 aliphatic carbocycles. The van der Waals surface area contributed by atoms with E-state index in [2.05, 4.69) is 10.6 Å². The van der Waals surface area contributed by atoms with E-state index in [0.29, 0.717) is 16.7 Å². The van der Waals surface area contributed by atoms with Crippen molar-refractivity contribution in [3.63, 3.8) is 0 Å². The van der Waals surface area contributed by atoms with Gasteiger partial charge in [-0.3, -0.25) is 10.1 Å². The zero-order valence-corrected chi connectivity index (χ0v) is 20.2. The quantitative estimate of drug-likeness (QED) is 0.505. The minimum Gasteiger partial charge on any atom is -0.342 e. The molecule has 10 heteroatoms. The Kier molecular flexibility index (Phi) is 8.86. The van der Waals surface area contributed by atoms with Gasteiger partial charge in [-0.05, 0) is 53.6 Å². The van der Waals surface area contributed by atoms with E-state index >= 15 is 0 Å². The Morgan fingerprint density at radius 1 is 1.12 bits per heavy atom. The average Bonchev–Trinajstić information content (AvgIpc) is 2.73. The predicted molar refractivity (Wildman–Crippen MR) is 124 cm³/mol. The fourth-order valence-corrected chi connectivity index (χ4v) is 4.30. The summed E-state index contributed by atoms with van der Waals surface area (Å²) in [5.74, 6) is -0.720. The molecule has 0 aliphatic rings. The lowest BCUT2D eigenvalue weighted by atomic mass is 9.96. The normalized spacial score (nSPS) is 13.9. The fourth-order valence-electron chi connectivity index (χ4n) is 3.60. The number of carbonyl (C=O) groups excluding carboxylic acids is 1. The van der Waals surface area contributed by atoms with Crippen molar-refractivity contribution in [2.45, 2.75) is 50.3 Å². The van der Waals surface area contributed by atoms with Crippen LogP contribution in [0.4, 0.5) is 13.2 Å². The van der Waals surface area contributed by atoms with Crippen molar-refractivity contribution in [2.75, 3.05) is 12.8 Å². The van der Waals surface area contributed by atoms with E-state index in [1.165, 1.54) is 36.4 Å². The number of alkyl halides is 3. The van der Waals surface area contributed by atoms with Crippen molar-refractivity contribution in [1.29, 1.82) is 5.26 Å². The first-order chi connectivity index (χ1) is 15.7. The Morgan fingerprint density at radius 3 is 2.21 bits per heavy atom. The second-order valence-corrected chi connectivity index (χ2v) is 10.6. The maximum absolute atomic E-state index is 14.0. The molecule has 0 radical (unpaired) electrons. The summed E-state index contributed by atoms with van der Waals surface area (Å²) < 4.78 is 65.4. The molecule has 0 saturated heterocycles. The van der Waals surface area contributed by atoms with Gasteiger partial charge in [0.25, 0.3) is 0 Å². The zero-order chi connectivity index (χ0) is 25.7. The highest BCUT2D eigenvalue weighted by Gasteiger charge is 2.42. The van der Waals surface area contributed by atoms with Gasteiger partial charge in [0, 0.05) is 6.26 Å². The van der Waals surface area contributed by atoms with Gasteiger partial charge in [-0.25, -0.2) is 8.42 Å². The molecule has 6 nitrogen and oxygen atoms in total. The number of aryl methyl sites for hydroxylation is 1. The number of carbonyl (C=O) groups is 1. The summed E-state index contributed by atoms with van der Waals surface area (Å²) in [6.07, 6.45) is -3.40. The summed E-state index contributed by atoms with van der Waals surface area (Å²) in [5.41, 5.74) is 1.94. The third-order valence-corrected chi connectivity index (χ3v) is 6.35. The van der Waals surface area contributed by atoms with Crippen LogP contribution in [0.3, 0.4) is 0 Å². The molecular weight excluding hydrogens is 467 g/mol. The maximum Gasteiger partial charge on any atom is 0.407 e. The van der Waals surface area contributed by atoms with Gasteiger partial charge in [-0.15, -0.1) is 0 Å². The van der Waals surface area contributed by atoms with Gasteiger partial charge >= 0.3 is 6.18 Å². The fraction of sp³-hybridized carbons (Fsp3) is 0.417. The summed E-state index contributed by atoms with van der Waals surface area (Å²) in [6.45, 7) is 5.02. The van der Waals surface area contributed by atoms with Gasteiger partial charge in [0.2, 0.25) is 5.91 Å². The zero-order valence-electron chi connectivity index (χ0n) is 19.4. The molecular formula is C24H28F3N3O3S. The lowest BCUT2D eigenvalue weighted by Gasteiger charge is -2.28. The first kappa shape index (κ1) is 27.3. The summed E-state index contributed by atoms with van der Waals surface area (Å²) in [5, 5.41) is 13.4. The second-order valence-electron chi connectivity index (χ2n) is 8.57. The minimum atomic E-state index is -4.67. The monoisotopic (exact) mass is 495 g/mol. The van der Waals surface area contributed by atoms with Crippen molar-refractivity contribution in [2.24, 2.45) is 5.92 Å². The van der Waals surface area contributed by atoms with Crippen molar-refractivity contribution in [3.8, 4) is 17.2 Å². The third kappa shape index (κ3) is 7.30. The Hall–Kier alpha value is -2.90. The number of rotatable bonds is 9. The van der Waals surface area contributed by atoms with Crippen LogP contribution in [0.2, 0.25) is 0 Å². The van der Waals surface area contributed by atoms with Crippen LogP contribution in [0.5, 0.6) is 0 Å². The van der Waals surface area contributed by atoms with Crippen LogP contribution in [0, 0.1) is 24.2 Å². The molecule has 0 bridgehead atoms. The highest BCUT2D eigenvalue weighted by Crippen LogP contribution is 2.35. The molecule has 2 atom stereocenters. The molecule has 2 N–H and O–H groups in total. The van der Waals surface area contributed by atoms with Gasteiger partial charge < -0.3 is 5.32 Å². The van der Waals surface area contributed by atoms with Crippen LogP contribution in [-0.4, -0.2) is 39.3 Å². The topological polar surface area (TPSA) is 99.1 Å². The molecule has 34 heavy (non-hydrogen) atoms. The van der Waals surface area contributed by atoms with Crippen LogP contribution in [0.25, 0.3) is 11.1 Å². The summed E-state index contributed by atoms with van der Waals surface area (Å²) in [6, 6.07) is 8.87. The largest absolute Gasteiger partial charge is 0.407 e. The number of nitrogens with zero attached hydrogens (tertiary/aromatic N) is 1. The smallest absolute Gasteiger partial charge is 0.342 e. The van der Waals surface area contributed by atoms with E-state index in [9.17, 15) is 26.4 Å². The molecule has 0 aromatic heterocycles. The lowest BCUT2D eigenvalue weighted by molar-refractivity contribution is -0.161. The summed E-state index contributed by atoms with van der Waals surface area (Å²) >= 11 is 0. The number of amides is 1. The van der Waals surface area contributed by atoms with Crippen molar-refractivity contribution < 1.29 is 26.4 Å². The van der Waals surface area contributed by atoms with E-state index in [-0.39, 0.29) is 29.3 Å². The number of nitriles is 1. The summed E-state index contributed by atoms with van der Waals surface area (Å²) in [7, 11) is -3.38. The van der Waals surface area contributed by atoms with Crippen molar-refractivity contribution >= 4 is 15.7 Å². The number of benzene rings is 2. The average molecular weight is 496 g/mol. The van der Waals surface area contributed by atoms with Gasteiger partial charge in [0.05, 0.1) is 17.0 Å². The van der Waals surface area contributed by atoms with Crippen LogP contribution in [-0.2, 0) is 14.6 Å². The highest BCUT2D eigenvalue weighted by atomic mass is 32.2. The molecule has 0 fully saturated rings. The van der Waals surface area contributed by atoms with Crippen LogP contribution < -0.4 is 10.6 Å². The van der Waals surface area contributed by atoms with Crippen LogP contribution in [0.1, 0.15) is 37.4 Å². The molecule has 0 spiro atoms. The number of halogens is 3. The number of nitrogens with one attached hydrogen (secondary N) is 2. The Labute approximate surface area is 198 Å². The van der Waals surface area contributed by atoms with Crippen LogP contribution in [0.15, 0.2) is 47.4 Å². The number of hydrogen-bond donors (Lipinski definition) is 2. The van der Waals surface area contributed by atoms with Gasteiger partial charge in [0.15, 0.2) is 9.84 Å². The third-order valence-electron chi connectivity index (χ3n) is 5.24. The van der Waals surface area contributed by atoms with E-state index < -0.39 is 34.0 Å². The number of hydrogen-bond acceptors (Lipinski definition) is 5. The Bertz CT molecular complexity index is 1150. The second kappa shape index (κ2) is 11.0. The molecule has 2 aromatic carbocycles. The molecule has 0 unspecified atom stereocenters. The van der Waals surface area contributed by atoms with E-state index in [0.717, 1.165) is 6.26 Å². The first-order valence-corrected chi connectivity index (χ1v) is 12.5. The van der Waals surface area contributed by atoms with E-state index in [1.807, 2.05) is 0 Å².